The van der Waals surface area contributed by atoms with Crippen LogP contribution in [0.2, 0.25) is 0 Å². The van der Waals surface area contributed by atoms with E-state index in [4.69, 9.17) is 14.2 Å². The predicted molar refractivity (Wildman–Crippen MR) is 125 cm³/mol. The van der Waals surface area contributed by atoms with Crippen molar-refractivity contribution in [1.29, 1.82) is 0 Å². The monoisotopic (exact) mass is 460 g/mol. The molecule has 2 aromatic carbocycles. The summed E-state index contributed by atoms with van der Waals surface area (Å²) in [6, 6.07) is 14.7. The normalized spacial score (nSPS) is 17.0. The smallest absolute Gasteiger partial charge is 0.295 e. The predicted octanol–water partition coefficient (Wildman–Crippen LogP) is 3.73. The first-order chi connectivity index (χ1) is 16.5. The molecule has 0 bridgehead atoms. The van der Waals surface area contributed by atoms with Gasteiger partial charge in [-0.05, 0) is 41.5 Å². The number of Topliss-reactive ketones (excluding diaryl/α,β-unsaturated/α-hetero) is 1. The lowest BCUT2D eigenvalue weighted by molar-refractivity contribution is -0.140. The number of hydrogen-bond donors (Lipinski definition) is 1. The number of amides is 1. The average Bonchev–Trinajstić information content (AvgIpc) is 3.13. The Bertz CT molecular complexity index is 1220. The Hall–Kier alpha value is -4.33. The van der Waals surface area contributed by atoms with Gasteiger partial charge in [0.25, 0.3) is 11.7 Å². The van der Waals surface area contributed by atoms with Crippen LogP contribution in [-0.2, 0) is 16.1 Å². The molecular formula is C26H24N2O6. The van der Waals surface area contributed by atoms with E-state index in [2.05, 4.69) is 4.98 Å². The number of aliphatic hydroxyl groups is 1. The van der Waals surface area contributed by atoms with Gasteiger partial charge in [-0.1, -0.05) is 24.3 Å². The number of pyridine rings is 1. The molecule has 1 aromatic heterocycles. The summed E-state index contributed by atoms with van der Waals surface area (Å²) in [7, 11) is 4.46. The van der Waals surface area contributed by atoms with Crippen LogP contribution in [0.25, 0.3) is 5.76 Å². The van der Waals surface area contributed by atoms with Crippen molar-refractivity contribution in [3.8, 4) is 17.2 Å². The van der Waals surface area contributed by atoms with Crippen LogP contribution in [0, 0.1) is 0 Å². The minimum atomic E-state index is -0.847. The number of hydrogen-bond acceptors (Lipinski definition) is 7. The molecule has 1 aliphatic rings. The summed E-state index contributed by atoms with van der Waals surface area (Å²) >= 11 is 0. The van der Waals surface area contributed by atoms with E-state index in [1.165, 1.54) is 19.1 Å². The zero-order valence-electron chi connectivity index (χ0n) is 19.0. The summed E-state index contributed by atoms with van der Waals surface area (Å²) in [5.41, 5.74) is 1.53. The molecule has 34 heavy (non-hydrogen) atoms. The molecule has 0 radical (unpaired) electrons. The van der Waals surface area contributed by atoms with Crippen LogP contribution in [0.15, 0.2) is 72.6 Å². The van der Waals surface area contributed by atoms with Gasteiger partial charge in [0.15, 0.2) is 0 Å². The second-order valence-corrected chi connectivity index (χ2v) is 7.60. The largest absolute Gasteiger partial charge is 0.506 e. The van der Waals surface area contributed by atoms with Crippen molar-refractivity contribution in [2.75, 3.05) is 21.3 Å². The number of carbonyl (C=O) groups excluding carboxylic acids is 2. The standard InChI is InChI=1S/C26H24N2O6/c1-32-18-11-9-17(10-12-18)23-22(24(29)21-19(33-2)7-4-8-20(21)34-3)25(30)26(31)28(23)15-16-6-5-13-27-14-16/h4-14,23,29H,15H2,1-3H3/b24-22+. The fourth-order valence-corrected chi connectivity index (χ4v) is 4.08. The first kappa shape index (κ1) is 22.8. The fourth-order valence-electron chi connectivity index (χ4n) is 4.08. The number of rotatable bonds is 7. The minimum absolute atomic E-state index is 0.0538. The van der Waals surface area contributed by atoms with Crippen LogP contribution in [0.1, 0.15) is 22.7 Å². The van der Waals surface area contributed by atoms with Gasteiger partial charge in [-0.15, -0.1) is 0 Å². The Labute approximate surface area is 197 Å². The summed E-state index contributed by atoms with van der Waals surface area (Å²) in [4.78, 5) is 32.0. The molecule has 0 saturated carbocycles. The van der Waals surface area contributed by atoms with Crippen LogP contribution >= 0.6 is 0 Å². The fraction of sp³-hybridized carbons (Fsp3) is 0.192. The van der Waals surface area contributed by atoms with Gasteiger partial charge in [-0.2, -0.15) is 0 Å². The van der Waals surface area contributed by atoms with Gasteiger partial charge in [0.1, 0.15) is 28.6 Å². The van der Waals surface area contributed by atoms with Crippen LogP contribution in [0.3, 0.4) is 0 Å². The number of likely N-dealkylation sites (tertiary alicyclic amines) is 1. The van der Waals surface area contributed by atoms with Gasteiger partial charge in [0, 0.05) is 18.9 Å². The highest BCUT2D eigenvalue weighted by atomic mass is 16.5. The second-order valence-electron chi connectivity index (χ2n) is 7.60. The molecule has 8 heteroatoms. The number of aliphatic hydroxyl groups excluding tert-OH is 1. The SMILES string of the molecule is COc1ccc(C2/C(=C(\O)c3c(OC)cccc3OC)C(=O)C(=O)N2Cc2cccnc2)cc1. The Kier molecular flexibility index (Phi) is 6.49. The Morgan fingerprint density at radius 2 is 1.62 bits per heavy atom. The maximum absolute atomic E-state index is 13.3. The van der Waals surface area contributed by atoms with Gasteiger partial charge in [0.2, 0.25) is 0 Å². The first-order valence-electron chi connectivity index (χ1n) is 10.5. The molecule has 1 saturated heterocycles. The molecule has 0 spiro atoms. The topological polar surface area (TPSA) is 98.2 Å². The molecule has 1 aliphatic heterocycles. The Balaban J connectivity index is 1.92. The van der Waals surface area contributed by atoms with Gasteiger partial charge in [-0.25, -0.2) is 0 Å². The van der Waals surface area contributed by atoms with Crippen LogP contribution in [-0.4, -0.2) is 48.0 Å². The van der Waals surface area contributed by atoms with Crippen LogP contribution < -0.4 is 14.2 Å². The van der Waals surface area contributed by atoms with Crippen molar-refractivity contribution in [3.63, 3.8) is 0 Å². The molecule has 2 heterocycles. The van der Waals surface area contributed by atoms with Gasteiger partial charge in [-0.3, -0.25) is 14.6 Å². The summed E-state index contributed by atoms with van der Waals surface area (Å²) in [6.07, 6.45) is 3.26. The molecule has 1 atom stereocenters. The lowest BCUT2D eigenvalue weighted by Gasteiger charge is -2.25. The van der Waals surface area contributed by atoms with Crippen molar-refractivity contribution >= 4 is 17.4 Å². The summed E-state index contributed by atoms with van der Waals surface area (Å²) in [5, 5.41) is 11.4. The van der Waals surface area contributed by atoms with E-state index >= 15 is 0 Å². The van der Waals surface area contributed by atoms with Gasteiger partial charge in [0.05, 0.1) is 32.9 Å². The molecule has 0 aliphatic carbocycles. The number of nitrogens with zero attached hydrogens (tertiary/aromatic N) is 2. The summed E-state index contributed by atoms with van der Waals surface area (Å²) < 4.78 is 16.1. The van der Waals surface area contributed by atoms with E-state index in [1.54, 1.807) is 68.0 Å². The van der Waals surface area contributed by atoms with E-state index in [0.29, 0.717) is 22.8 Å². The number of aromatic nitrogens is 1. The lowest BCUT2D eigenvalue weighted by Crippen LogP contribution is -2.29. The van der Waals surface area contributed by atoms with Crippen molar-refractivity contribution in [2.45, 2.75) is 12.6 Å². The Morgan fingerprint density at radius 1 is 0.941 bits per heavy atom. The summed E-state index contributed by atoms with van der Waals surface area (Å²) in [5.74, 6) is -0.649. The van der Waals surface area contributed by atoms with E-state index in [9.17, 15) is 14.7 Å². The molecule has 4 rings (SSSR count). The van der Waals surface area contributed by atoms with Crippen LogP contribution in [0.4, 0.5) is 0 Å². The third-order valence-corrected chi connectivity index (χ3v) is 5.71. The van der Waals surface area contributed by atoms with E-state index in [0.717, 1.165) is 5.56 Å². The molecule has 8 nitrogen and oxygen atoms in total. The number of ketones is 1. The maximum atomic E-state index is 13.3. The molecule has 3 aromatic rings. The number of benzene rings is 2. The number of ether oxygens (including phenoxy) is 3. The van der Waals surface area contributed by atoms with Crippen molar-refractivity contribution in [3.05, 3.63) is 89.3 Å². The maximum Gasteiger partial charge on any atom is 0.295 e. The second kappa shape index (κ2) is 9.66. The number of carbonyl (C=O) groups is 2. The molecule has 1 fully saturated rings. The third kappa shape index (κ3) is 4.05. The van der Waals surface area contributed by atoms with Gasteiger partial charge < -0.3 is 24.2 Å². The average molecular weight is 460 g/mol. The molecular weight excluding hydrogens is 436 g/mol. The molecule has 1 N–H and O–H groups in total. The lowest BCUT2D eigenvalue weighted by atomic mass is 9.94. The van der Waals surface area contributed by atoms with Crippen LogP contribution in [0.5, 0.6) is 17.2 Å². The van der Waals surface area contributed by atoms with Crippen molar-refractivity contribution < 1.29 is 28.9 Å². The highest BCUT2D eigenvalue weighted by Crippen LogP contribution is 2.44. The minimum Gasteiger partial charge on any atom is -0.506 e. The van der Waals surface area contributed by atoms with E-state index in [1.807, 2.05) is 6.07 Å². The third-order valence-electron chi connectivity index (χ3n) is 5.71. The molecule has 1 amide bonds. The molecule has 174 valence electrons. The van der Waals surface area contributed by atoms with E-state index in [-0.39, 0.29) is 23.4 Å². The van der Waals surface area contributed by atoms with Crippen molar-refractivity contribution in [1.82, 2.24) is 9.88 Å². The summed E-state index contributed by atoms with van der Waals surface area (Å²) in [6.45, 7) is 0.134. The van der Waals surface area contributed by atoms with E-state index < -0.39 is 17.7 Å². The zero-order chi connectivity index (χ0) is 24.2. The molecule has 1 unspecified atom stereocenters. The van der Waals surface area contributed by atoms with Crippen molar-refractivity contribution in [2.24, 2.45) is 0 Å². The zero-order valence-corrected chi connectivity index (χ0v) is 19.0. The quantitative estimate of drug-likeness (QED) is 0.326. The first-order valence-corrected chi connectivity index (χ1v) is 10.5. The highest BCUT2D eigenvalue weighted by Gasteiger charge is 2.46. The van der Waals surface area contributed by atoms with Gasteiger partial charge >= 0.3 is 0 Å². The number of methoxy groups -OCH3 is 3. The Morgan fingerprint density at radius 3 is 2.18 bits per heavy atom. The highest BCUT2D eigenvalue weighted by molar-refractivity contribution is 6.46.